The van der Waals surface area contributed by atoms with Crippen LogP contribution in [0.5, 0.6) is 5.75 Å². The van der Waals surface area contributed by atoms with Crippen molar-refractivity contribution in [2.24, 2.45) is 0 Å². The molecule has 0 aliphatic heterocycles. The third-order valence-electron chi connectivity index (χ3n) is 4.13. The second-order valence-electron chi connectivity index (χ2n) is 6.43. The highest BCUT2D eigenvalue weighted by molar-refractivity contribution is 5.94. The number of rotatable bonds is 8. The van der Waals surface area contributed by atoms with Crippen LogP contribution in [0, 0.1) is 0 Å². The van der Waals surface area contributed by atoms with Crippen LogP contribution in [0.1, 0.15) is 41.8 Å². The van der Waals surface area contributed by atoms with Crippen molar-refractivity contribution in [1.82, 2.24) is 5.32 Å². The predicted molar refractivity (Wildman–Crippen MR) is 98.4 cm³/mol. The zero-order chi connectivity index (χ0) is 19.2. The van der Waals surface area contributed by atoms with Crippen LogP contribution in [0.2, 0.25) is 0 Å². The Morgan fingerprint density at radius 2 is 1.70 bits per heavy atom. The zero-order valence-electron chi connectivity index (χ0n) is 15.0. The molecule has 0 saturated heterocycles. The van der Waals surface area contributed by atoms with Crippen molar-refractivity contribution in [3.8, 4) is 5.75 Å². The Morgan fingerprint density at radius 1 is 1.04 bits per heavy atom. The van der Waals surface area contributed by atoms with E-state index in [2.05, 4.69) is 5.32 Å². The first kappa shape index (κ1) is 18.6. The summed E-state index contributed by atoms with van der Waals surface area (Å²) in [6, 6.07) is 15.5. The Labute approximate surface area is 157 Å². The number of amides is 1. The summed E-state index contributed by atoms with van der Waals surface area (Å²) in [4.78, 5) is 35.9. The number of ether oxygens (including phenoxy) is 2. The molecule has 0 aromatic heterocycles. The van der Waals surface area contributed by atoms with Crippen LogP contribution in [0.3, 0.4) is 0 Å². The highest BCUT2D eigenvalue weighted by Gasteiger charge is 2.30. The average molecular weight is 367 g/mol. The molecule has 2 aromatic rings. The highest BCUT2D eigenvalue weighted by Crippen LogP contribution is 2.23. The van der Waals surface area contributed by atoms with Crippen LogP contribution in [0.4, 0.5) is 0 Å². The second-order valence-corrected chi connectivity index (χ2v) is 6.43. The molecule has 2 aromatic carbocycles. The van der Waals surface area contributed by atoms with Gasteiger partial charge in [-0.2, -0.15) is 0 Å². The lowest BCUT2D eigenvalue weighted by Crippen LogP contribution is -2.34. The molecule has 27 heavy (non-hydrogen) atoms. The number of hydrogen-bond acceptors (Lipinski definition) is 5. The van der Waals surface area contributed by atoms with E-state index in [0.29, 0.717) is 16.9 Å². The number of hydrogen-bond donors (Lipinski definition) is 1. The van der Waals surface area contributed by atoms with Crippen LogP contribution < -0.4 is 10.1 Å². The SMILES string of the molecule is CC(=O)c1ccc(OCC(=O)O[C@@H](C(=O)NC2CC2)c2ccccc2)cc1. The van der Waals surface area contributed by atoms with Gasteiger partial charge in [0.15, 0.2) is 12.4 Å². The number of carbonyl (C=O) groups excluding carboxylic acids is 3. The first-order valence-electron chi connectivity index (χ1n) is 8.81. The van der Waals surface area contributed by atoms with Gasteiger partial charge in [0.2, 0.25) is 6.10 Å². The summed E-state index contributed by atoms with van der Waals surface area (Å²) in [5, 5.41) is 2.86. The Morgan fingerprint density at radius 3 is 2.30 bits per heavy atom. The fourth-order valence-corrected chi connectivity index (χ4v) is 2.50. The van der Waals surface area contributed by atoms with Crippen LogP contribution in [0.15, 0.2) is 54.6 Å². The molecule has 1 N–H and O–H groups in total. The standard InChI is InChI=1S/C21H21NO5/c1-14(23)15-7-11-18(12-8-15)26-13-19(24)27-20(16-5-3-2-4-6-16)21(25)22-17-9-10-17/h2-8,11-12,17,20H,9-10,13H2,1H3,(H,22,25)/t20-/m1/s1. The summed E-state index contributed by atoms with van der Waals surface area (Å²) >= 11 is 0. The number of carbonyl (C=O) groups is 3. The number of nitrogens with one attached hydrogen (secondary N) is 1. The lowest BCUT2D eigenvalue weighted by Gasteiger charge is -2.18. The minimum Gasteiger partial charge on any atom is -0.482 e. The van der Waals surface area contributed by atoms with Gasteiger partial charge in [0, 0.05) is 17.2 Å². The first-order chi connectivity index (χ1) is 13.0. The van der Waals surface area contributed by atoms with Crippen molar-refractivity contribution in [3.63, 3.8) is 0 Å². The molecule has 0 heterocycles. The summed E-state index contributed by atoms with van der Waals surface area (Å²) < 4.78 is 10.8. The average Bonchev–Trinajstić information content (AvgIpc) is 3.49. The normalized spacial score (nSPS) is 14.1. The monoisotopic (exact) mass is 367 g/mol. The Bertz CT molecular complexity index is 812. The summed E-state index contributed by atoms with van der Waals surface area (Å²) in [5.74, 6) is -0.586. The van der Waals surface area contributed by atoms with E-state index in [9.17, 15) is 14.4 Å². The van der Waals surface area contributed by atoms with Gasteiger partial charge in [0.1, 0.15) is 5.75 Å². The highest BCUT2D eigenvalue weighted by atomic mass is 16.6. The maximum absolute atomic E-state index is 12.4. The van der Waals surface area contributed by atoms with Crippen LogP contribution in [-0.2, 0) is 14.3 Å². The van der Waals surface area contributed by atoms with Crippen LogP contribution in [-0.4, -0.2) is 30.3 Å². The number of ketones is 1. The molecular formula is C21H21NO5. The van der Waals surface area contributed by atoms with Gasteiger partial charge in [-0.15, -0.1) is 0 Å². The van der Waals surface area contributed by atoms with E-state index < -0.39 is 12.1 Å². The molecule has 140 valence electrons. The molecule has 0 unspecified atom stereocenters. The van der Waals surface area contributed by atoms with Gasteiger partial charge in [-0.05, 0) is 44.0 Å². The van der Waals surface area contributed by atoms with Crippen molar-refractivity contribution >= 4 is 17.7 Å². The molecule has 1 amide bonds. The van der Waals surface area contributed by atoms with Crippen molar-refractivity contribution < 1.29 is 23.9 Å². The smallest absolute Gasteiger partial charge is 0.345 e. The lowest BCUT2D eigenvalue weighted by molar-refractivity contribution is -0.158. The molecule has 0 radical (unpaired) electrons. The third-order valence-corrected chi connectivity index (χ3v) is 4.13. The summed E-state index contributed by atoms with van der Waals surface area (Å²) in [7, 11) is 0. The van der Waals surface area contributed by atoms with E-state index in [0.717, 1.165) is 12.8 Å². The van der Waals surface area contributed by atoms with Gasteiger partial charge in [-0.1, -0.05) is 30.3 Å². The summed E-state index contributed by atoms with van der Waals surface area (Å²) in [6.07, 6.45) is 0.879. The fourth-order valence-electron chi connectivity index (χ4n) is 2.50. The topological polar surface area (TPSA) is 81.7 Å². The summed E-state index contributed by atoms with van der Waals surface area (Å²) in [6.45, 7) is 1.14. The molecule has 1 fully saturated rings. The van der Waals surface area contributed by atoms with Gasteiger partial charge < -0.3 is 14.8 Å². The largest absolute Gasteiger partial charge is 0.482 e. The van der Waals surface area contributed by atoms with E-state index >= 15 is 0 Å². The Kier molecular flexibility index (Phi) is 5.86. The minimum atomic E-state index is -1.01. The number of Topliss-reactive ketones (excluding diaryl/α,β-unsaturated/α-hetero) is 1. The molecule has 6 nitrogen and oxygen atoms in total. The van der Waals surface area contributed by atoms with Crippen molar-refractivity contribution in [2.75, 3.05) is 6.61 Å². The summed E-state index contributed by atoms with van der Waals surface area (Å²) in [5.41, 5.74) is 1.17. The fraction of sp³-hybridized carbons (Fsp3) is 0.286. The lowest BCUT2D eigenvalue weighted by atomic mass is 10.1. The molecular weight excluding hydrogens is 346 g/mol. The maximum Gasteiger partial charge on any atom is 0.345 e. The molecule has 1 atom stereocenters. The van der Waals surface area contributed by atoms with Gasteiger partial charge in [-0.25, -0.2) is 4.79 Å². The van der Waals surface area contributed by atoms with Crippen LogP contribution in [0.25, 0.3) is 0 Å². The molecule has 1 aliphatic rings. The van der Waals surface area contributed by atoms with Gasteiger partial charge in [-0.3, -0.25) is 9.59 Å². The van der Waals surface area contributed by atoms with Crippen molar-refractivity contribution in [2.45, 2.75) is 31.9 Å². The number of esters is 1. The first-order valence-corrected chi connectivity index (χ1v) is 8.81. The van der Waals surface area contributed by atoms with E-state index in [4.69, 9.17) is 9.47 Å². The molecule has 0 spiro atoms. The minimum absolute atomic E-state index is 0.0478. The van der Waals surface area contributed by atoms with Crippen LogP contribution >= 0.6 is 0 Å². The van der Waals surface area contributed by atoms with E-state index in [1.807, 2.05) is 6.07 Å². The Hall–Kier alpha value is -3.15. The molecule has 1 saturated carbocycles. The molecule has 3 rings (SSSR count). The van der Waals surface area contributed by atoms with E-state index in [-0.39, 0.29) is 24.3 Å². The molecule has 1 aliphatic carbocycles. The van der Waals surface area contributed by atoms with Gasteiger partial charge in [0.05, 0.1) is 0 Å². The second kappa shape index (κ2) is 8.49. The van der Waals surface area contributed by atoms with Gasteiger partial charge >= 0.3 is 5.97 Å². The predicted octanol–water partition coefficient (Wildman–Crippen LogP) is 2.83. The molecule has 6 heteroatoms. The van der Waals surface area contributed by atoms with Gasteiger partial charge in [0.25, 0.3) is 5.91 Å². The quantitative estimate of drug-likeness (QED) is 0.573. The Balaban J connectivity index is 1.60. The maximum atomic E-state index is 12.4. The third kappa shape index (κ3) is 5.41. The van der Waals surface area contributed by atoms with Crippen molar-refractivity contribution in [3.05, 3.63) is 65.7 Å². The van der Waals surface area contributed by atoms with Crippen molar-refractivity contribution in [1.29, 1.82) is 0 Å². The van der Waals surface area contributed by atoms with E-state index in [1.165, 1.54) is 6.92 Å². The van der Waals surface area contributed by atoms with E-state index in [1.54, 1.807) is 48.5 Å². The molecule has 0 bridgehead atoms. The zero-order valence-corrected chi connectivity index (χ0v) is 15.0. The number of benzene rings is 2.